The number of methoxy groups -OCH3 is 3. The minimum Gasteiger partial charge on any atom is -0.496 e. The number of hydrazone groups is 1. The maximum Gasteiger partial charge on any atom is 0.164 e. The maximum atomic E-state index is 5.47. The van der Waals surface area contributed by atoms with Crippen LogP contribution >= 0.6 is 0 Å². The van der Waals surface area contributed by atoms with Gasteiger partial charge in [0.15, 0.2) is 11.5 Å². The molecule has 1 saturated heterocycles. The summed E-state index contributed by atoms with van der Waals surface area (Å²) < 4.78 is 16.2. The molecule has 1 heterocycles. The van der Waals surface area contributed by atoms with E-state index in [1.807, 2.05) is 18.3 Å². The van der Waals surface area contributed by atoms with Crippen molar-refractivity contribution >= 4 is 6.21 Å². The van der Waals surface area contributed by atoms with Gasteiger partial charge in [0, 0.05) is 44.4 Å². The van der Waals surface area contributed by atoms with E-state index in [4.69, 9.17) is 14.2 Å². The maximum absolute atomic E-state index is 5.47. The van der Waals surface area contributed by atoms with Gasteiger partial charge in [-0.05, 0) is 18.6 Å². The highest BCUT2D eigenvalue weighted by Gasteiger charge is 2.16. The van der Waals surface area contributed by atoms with E-state index in [9.17, 15) is 0 Å². The van der Waals surface area contributed by atoms with Gasteiger partial charge in [0.2, 0.25) is 0 Å². The molecule has 1 aliphatic rings. The first-order valence-corrected chi connectivity index (χ1v) is 9.49. The second kappa shape index (κ2) is 9.46. The predicted molar refractivity (Wildman–Crippen MR) is 112 cm³/mol. The molecule has 0 saturated carbocycles. The molecule has 6 heteroatoms. The molecule has 28 heavy (non-hydrogen) atoms. The quantitative estimate of drug-likeness (QED) is 0.688. The third-order valence-corrected chi connectivity index (χ3v) is 4.97. The van der Waals surface area contributed by atoms with Crippen molar-refractivity contribution in [1.29, 1.82) is 0 Å². The molecule has 0 bridgehead atoms. The van der Waals surface area contributed by atoms with Gasteiger partial charge in [-0.2, -0.15) is 5.10 Å². The summed E-state index contributed by atoms with van der Waals surface area (Å²) in [5, 5.41) is 6.75. The van der Waals surface area contributed by atoms with E-state index in [1.165, 1.54) is 11.1 Å². The molecule has 0 amide bonds. The summed E-state index contributed by atoms with van der Waals surface area (Å²) >= 11 is 0. The smallest absolute Gasteiger partial charge is 0.164 e. The molecule has 0 aliphatic carbocycles. The fourth-order valence-corrected chi connectivity index (χ4v) is 3.26. The monoisotopic (exact) mass is 383 g/mol. The summed E-state index contributed by atoms with van der Waals surface area (Å²) in [6.45, 7) is 6.90. The molecule has 1 fully saturated rings. The van der Waals surface area contributed by atoms with Gasteiger partial charge >= 0.3 is 0 Å². The molecule has 2 aromatic rings. The number of aryl methyl sites for hydroxylation is 1. The molecular formula is C22H29N3O3. The van der Waals surface area contributed by atoms with Gasteiger partial charge in [-0.1, -0.05) is 29.8 Å². The lowest BCUT2D eigenvalue weighted by molar-refractivity contribution is 0.131. The number of nitrogens with zero attached hydrogens (tertiary/aromatic N) is 3. The van der Waals surface area contributed by atoms with Crippen LogP contribution in [0.4, 0.5) is 0 Å². The topological polar surface area (TPSA) is 46.5 Å². The molecule has 0 radical (unpaired) electrons. The SMILES string of the molecule is COc1cc(OC)c(OC)cc1/C=N\N1CCN(Cc2ccc(C)cc2)CC1. The Morgan fingerprint density at radius 1 is 0.857 bits per heavy atom. The minimum atomic E-state index is 0.640. The highest BCUT2D eigenvalue weighted by Crippen LogP contribution is 2.33. The van der Waals surface area contributed by atoms with Gasteiger partial charge in [-0.25, -0.2) is 0 Å². The first-order valence-electron chi connectivity index (χ1n) is 9.49. The largest absolute Gasteiger partial charge is 0.496 e. The van der Waals surface area contributed by atoms with Crippen LogP contribution in [0.3, 0.4) is 0 Å². The summed E-state index contributed by atoms with van der Waals surface area (Å²) in [6, 6.07) is 12.5. The van der Waals surface area contributed by atoms with Crippen LogP contribution in [0, 0.1) is 6.92 Å². The lowest BCUT2D eigenvalue weighted by atomic mass is 10.1. The zero-order chi connectivity index (χ0) is 19.9. The third-order valence-electron chi connectivity index (χ3n) is 4.97. The predicted octanol–water partition coefficient (Wildman–Crippen LogP) is 3.17. The molecule has 1 aliphatic heterocycles. The molecule has 6 nitrogen and oxygen atoms in total. The Morgan fingerprint density at radius 3 is 2.07 bits per heavy atom. The standard InChI is InChI=1S/C22H29N3O3/c1-17-5-7-18(8-6-17)16-24-9-11-25(12-10-24)23-15-19-13-21(27-3)22(28-4)14-20(19)26-2/h5-8,13-15H,9-12,16H2,1-4H3/b23-15-. The zero-order valence-electron chi connectivity index (χ0n) is 17.1. The Hall–Kier alpha value is -2.73. The normalized spacial score (nSPS) is 15.1. The first kappa shape index (κ1) is 20.0. The highest BCUT2D eigenvalue weighted by molar-refractivity contribution is 5.85. The molecule has 0 spiro atoms. The molecule has 3 rings (SSSR count). The van der Waals surface area contributed by atoms with E-state index in [0.29, 0.717) is 17.2 Å². The Kier molecular flexibility index (Phi) is 6.76. The number of ether oxygens (including phenoxy) is 3. The van der Waals surface area contributed by atoms with Gasteiger partial charge in [0.1, 0.15) is 5.75 Å². The van der Waals surface area contributed by atoms with Crippen LogP contribution in [0.5, 0.6) is 17.2 Å². The van der Waals surface area contributed by atoms with E-state index >= 15 is 0 Å². The zero-order valence-corrected chi connectivity index (χ0v) is 17.1. The van der Waals surface area contributed by atoms with E-state index < -0.39 is 0 Å². The second-order valence-corrected chi connectivity index (χ2v) is 6.91. The van der Waals surface area contributed by atoms with Gasteiger partial charge in [0.05, 0.1) is 27.5 Å². The van der Waals surface area contributed by atoms with Crippen LogP contribution in [0.2, 0.25) is 0 Å². The molecule has 0 aromatic heterocycles. The van der Waals surface area contributed by atoms with Gasteiger partial charge < -0.3 is 14.2 Å². The Balaban J connectivity index is 1.59. The summed E-state index contributed by atoms with van der Waals surface area (Å²) in [6.07, 6.45) is 1.83. The van der Waals surface area contributed by atoms with Crippen LogP contribution in [-0.2, 0) is 6.54 Å². The van der Waals surface area contributed by atoms with Crippen molar-refractivity contribution in [3.8, 4) is 17.2 Å². The summed E-state index contributed by atoms with van der Waals surface area (Å²) in [5.41, 5.74) is 3.52. The van der Waals surface area contributed by atoms with Crippen LogP contribution in [0.1, 0.15) is 16.7 Å². The highest BCUT2D eigenvalue weighted by atomic mass is 16.5. The Bertz CT molecular complexity index is 797. The average Bonchev–Trinajstić information content (AvgIpc) is 2.74. The van der Waals surface area contributed by atoms with Crippen LogP contribution in [0.25, 0.3) is 0 Å². The van der Waals surface area contributed by atoms with Crippen LogP contribution in [-0.4, -0.2) is 63.6 Å². The number of hydrogen-bond acceptors (Lipinski definition) is 6. The molecule has 2 aromatic carbocycles. The van der Waals surface area contributed by atoms with Crippen molar-refractivity contribution in [2.45, 2.75) is 13.5 Å². The van der Waals surface area contributed by atoms with Crippen molar-refractivity contribution in [3.63, 3.8) is 0 Å². The van der Waals surface area contributed by atoms with Gasteiger partial charge in [0.25, 0.3) is 0 Å². The second-order valence-electron chi connectivity index (χ2n) is 6.91. The van der Waals surface area contributed by atoms with E-state index in [1.54, 1.807) is 21.3 Å². The molecule has 150 valence electrons. The molecular weight excluding hydrogens is 354 g/mol. The van der Waals surface area contributed by atoms with Crippen molar-refractivity contribution in [2.24, 2.45) is 5.10 Å². The van der Waals surface area contributed by atoms with E-state index in [-0.39, 0.29) is 0 Å². The van der Waals surface area contributed by atoms with Crippen molar-refractivity contribution in [3.05, 3.63) is 53.1 Å². The van der Waals surface area contributed by atoms with Crippen molar-refractivity contribution in [1.82, 2.24) is 9.91 Å². The lowest BCUT2D eigenvalue weighted by Gasteiger charge is -2.33. The average molecular weight is 383 g/mol. The van der Waals surface area contributed by atoms with Gasteiger partial charge in [-0.3, -0.25) is 9.91 Å². The van der Waals surface area contributed by atoms with Crippen molar-refractivity contribution < 1.29 is 14.2 Å². The van der Waals surface area contributed by atoms with Crippen molar-refractivity contribution in [2.75, 3.05) is 47.5 Å². The third kappa shape index (κ3) is 4.95. The molecule has 0 N–H and O–H groups in total. The number of benzene rings is 2. The molecule has 0 atom stereocenters. The van der Waals surface area contributed by atoms with Gasteiger partial charge in [-0.15, -0.1) is 0 Å². The Morgan fingerprint density at radius 2 is 1.46 bits per heavy atom. The summed E-state index contributed by atoms with van der Waals surface area (Å²) in [4.78, 5) is 2.47. The number of hydrogen-bond donors (Lipinski definition) is 0. The van der Waals surface area contributed by atoms with Crippen LogP contribution < -0.4 is 14.2 Å². The first-order chi connectivity index (χ1) is 13.6. The Labute approximate surface area is 167 Å². The summed E-state index contributed by atoms with van der Waals surface area (Å²) in [5.74, 6) is 2.01. The fourth-order valence-electron chi connectivity index (χ4n) is 3.26. The lowest BCUT2D eigenvalue weighted by Crippen LogP contribution is -2.43. The minimum absolute atomic E-state index is 0.640. The van der Waals surface area contributed by atoms with E-state index in [2.05, 4.69) is 46.2 Å². The van der Waals surface area contributed by atoms with E-state index in [0.717, 1.165) is 38.3 Å². The molecule has 0 unspecified atom stereocenters. The van der Waals surface area contributed by atoms with Crippen LogP contribution in [0.15, 0.2) is 41.5 Å². The fraction of sp³-hybridized carbons (Fsp3) is 0.409. The number of rotatable bonds is 7. The number of piperazine rings is 1. The summed E-state index contributed by atoms with van der Waals surface area (Å²) in [7, 11) is 4.88.